The number of esters is 1. The molecule has 0 spiro atoms. The molecule has 1 atom stereocenters. The summed E-state index contributed by atoms with van der Waals surface area (Å²) in [6, 6.07) is 9.66. The molecular weight excluding hydrogens is 244 g/mol. The lowest BCUT2D eigenvalue weighted by atomic mass is 10.0. The molecule has 1 heterocycles. The molecule has 0 aliphatic carbocycles. The summed E-state index contributed by atoms with van der Waals surface area (Å²) >= 11 is 0. The van der Waals surface area contributed by atoms with Gasteiger partial charge in [0.25, 0.3) is 0 Å². The van der Waals surface area contributed by atoms with Crippen LogP contribution in [0.3, 0.4) is 0 Å². The molecule has 1 aromatic rings. The minimum absolute atomic E-state index is 0.218. The van der Waals surface area contributed by atoms with Crippen LogP contribution in [-0.4, -0.2) is 31.4 Å². The predicted octanol–water partition coefficient (Wildman–Crippen LogP) is 1.48. The molecule has 1 aromatic carbocycles. The minimum atomic E-state index is -0.224. The molecule has 0 amide bonds. The Morgan fingerprint density at radius 3 is 2.84 bits per heavy atom. The van der Waals surface area contributed by atoms with Crippen LogP contribution in [0.25, 0.3) is 0 Å². The van der Waals surface area contributed by atoms with Gasteiger partial charge in [0, 0.05) is 6.54 Å². The number of oxime groups is 1. The first-order valence-electron chi connectivity index (χ1n) is 6.32. The van der Waals surface area contributed by atoms with Crippen molar-refractivity contribution >= 4 is 11.7 Å². The molecule has 0 radical (unpaired) electrons. The van der Waals surface area contributed by atoms with E-state index in [1.807, 2.05) is 30.3 Å². The normalized spacial score (nSPS) is 21.1. The Morgan fingerprint density at radius 2 is 2.21 bits per heavy atom. The van der Waals surface area contributed by atoms with Crippen LogP contribution in [0.5, 0.6) is 0 Å². The fourth-order valence-electron chi connectivity index (χ4n) is 1.94. The summed E-state index contributed by atoms with van der Waals surface area (Å²) in [5.41, 5.74) is 2.01. The van der Waals surface area contributed by atoms with E-state index < -0.39 is 0 Å². The zero-order valence-electron chi connectivity index (χ0n) is 11.0. The molecule has 1 saturated heterocycles. The predicted molar refractivity (Wildman–Crippen MR) is 71.7 cm³/mol. The SMILES string of the molecule is COC(=O)[C@@H]1CCC(=NOCc2ccccc2)CN1. The molecule has 19 heavy (non-hydrogen) atoms. The summed E-state index contributed by atoms with van der Waals surface area (Å²) in [6.45, 7) is 1.03. The summed E-state index contributed by atoms with van der Waals surface area (Å²) in [6.07, 6.45) is 1.45. The molecule has 5 nitrogen and oxygen atoms in total. The second-order valence-corrected chi connectivity index (χ2v) is 4.41. The van der Waals surface area contributed by atoms with Crippen LogP contribution in [0, 0.1) is 0 Å². The lowest BCUT2D eigenvalue weighted by Gasteiger charge is -2.22. The zero-order valence-corrected chi connectivity index (χ0v) is 11.0. The number of carbonyl (C=O) groups is 1. The molecule has 0 unspecified atom stereocenters. The van der Waals surface area contributed by atoms with Crippen LogP contribution in [0.1, 0.15) is 18.4 Å². The van der Waals surface area contributed by atoms with Crippen molar-refractivity contribution in [2.24, 2.45) is 5.16 Å². The van der Waals surface area contributed by atoms with Gasteiger partial charge in [-0.2, -0.15) is 0 Å². The third kappa shape index (κ3) is 4.06. The topological polar surface area (TPSA) is 59.9 Å². The van der Waals surface area contributed by atoms with Gasteiger partial charge in [-0.15, -0.1) is 0 Å². The van der Waals surface area contributed by atoms with E-state index in [1.165, 1.54) is 7.11 Å². The molecule has 1 aliphatic rings. The highest BCUT2D eigenvalue weighted by molar-refractivity contribution is 5.89. The Balaban J connectivity index is 1.75. The van der Waals surface area contributed by atoms with Crippen molar-refractivity contribution in [3.05, 3.63) is 35.9 Å². The van der Waals surface area contributed by atoms with E-state index in [1.54, 1.807) is 0 Å². The minimum Gasteiger partial charge on any atom is -0.468 e. The van der Waals surface area contributed by atoms with Gasteiger partial charge in [-0.25, -0.2) is 0 Å². The van der Waals surface area contributed by atoms with Crippen molar-refractivity contribution < 1.29 is 14.4 Å². The quantitative estimate of drug-likeness (QED) is 0.659. The van der Waals surface area contributed by atoms with E-state index in [0.717, 1.165) is 17.7 Å². The Kier molecular flexibility index (Phi) is 4.92. The second kappa shape index (κ2) is 6.89. The monoisotopic (exact) mass is 262 g/mol. The van der Waals surface area contributed by atoms with Crippen LogP contribution in [0.4, 0.5) is 0 Å². The molecule has 5 heteroatoms. The van der Waals surface area contributed by atoms with Crippen molar-refractivity contribution in [2.75, 3.05) is 13.7 Å². The van der Waals surface area contributed by atoms with Crippen LogP contribution in [-0.2, 0) is 21.0 Å². The summed E-state index contributed by atoms with van der Waals surface area (Å²) in [7, 11) is 1.40. The highest BCUT2D eigenvalue weighted by atomic mass is 16.6. The first-order valence-corrected chi connectivity index (χ1v) is 6.32. The summed E-state index contributed by atoms with van der Waals surface area (Å²) in [4.78, 5) is 16.6. The number of hydrogen-bond donors (Lipinski definition) is 1. The molecule has 0 aromatic heterocycles. The molecule has 0 bridgehead atoms. The Bertz CT molecular complexity index is 435. The smallest absolute Gasteiger partial charge is 0.322 e. The fraction of sp³-hybridized carbons (Fsp3) is 0.429. The summed E-state index contributed by atoms with van der Waals surface area (Å²) in [5, 5.41) is 7.18. The maximum atomic E-state index is 11.3. The van der Waals surface area contributed by atoms with E-state index in [0.29, 0.717) is 19.6 Å². The second-order valence-electron chi connectivity index (χ2n) is 4.41. The molecule has 1 aliphatic heterocycles. The average molecular weight is 262 g/mol. The average Bonchev–Trinajstić information content (AvgIpc) is 2.48. The Hall–Kier alpha value is -1.88. The van der Waals surface area contributed by atoms with E-state index >= 15 is 0 Å². The molecule has 1 N–H and O–H groups in total. The number of hydrogen-bond acceptors (Lipinski definition) is 5. The van der Waals surface area contributed by atoms with Gasteiger partial charge < -0.3 is 9.57 Å². The van der Waals surface area contributed by atoms with Gasteiger partial charge in [-0.1, -0.05) is 35.5 Å². The third-order valence-corrected chi connectivity index (χ3v) is 3.03. The molecule has 102 valence electrons. The highest BCUT2D eigenvalue weighted by Gasteiger charge is 2.24. The first kappa shape index (κ1) is 13.5. The van der Waals surface area contributed by atoms with E-state index in [4.69, 9.17) is 9.57 Å². The number of piperidine rings is 1. The van der Waals surface area contributed by atoms with Crippen LogP contribution < -0.4 is 5.32 Å². The van der Waals surface area contributed by atoms with E-state index in [-0.39, 0.29) is 12.0 Å². The van der Waals surface area contributed by atoms with Gasteiger partial charge in [0.1, 0.15) is 12.6 Å². The number of carbonyl (C=O) groups excluding carboxylic acids is 1. The Labute approximate surface area is 112 Å². The van der Waals surface area contributed by atoms with Crippen LogP contribution in [0.15, 0.2) is 35.5 Å². The maximum absolute atomic E-state index is 11.3. The molecule has 0 saturated carbocycles. The number of nitrogens with one attached hydrogen (secondary N) is 1. The number of rotatable bonds is 4. The van der Waals surface area contributed by atoms with Crippen molar-refractivity contribution in [3.63, 3.8) is 0 Å². The van der Waals surface area contributed by atoms with Gasteiger partial charge in [0.05, 0.1) is 12.8 Å². The number of methoxy groups -OCH3 is 1. The molecule has 1 fully saturated rings. The number of benzene rings is 1. The highest BCUT2D eigenvalue weighted by Crippen LogP contribution is 2.08. The summed E-state index contributed by atoms with van der Waals surface area (Å²) in [5.74, 6) is -0.218. The van der Waals surface area contributed by atoms with Crippen LogP contribution in [0.2, 0.25) is 0 Å². The largest absolute Gasteiger partial charge is 0.468 e. The van der Waals surface area contributed by atoms with Crippen molar-refractivity contribution in [1.82, 2.24) is 5.32 Å². The van der Waals surface area contributed by atoms with Gasteiger partial charge >= 0.3 is 5.97 Å². The van der Waals surface area contributed by atoms with Crippen molar-refractivity contribution in [2.45, 2.75) is 25.5 Å². The van der Waals surface area contributed by atoms with Gasteiger partial charge in [-0.05, 0) is 18.4 Å². The van der Waals surface area contributed by atoms with Gasteiger partial charge in [0.2, 0.25) is 0 Å². The maximum Gasteiger partial charge on any atom is 0.322 e. The summed E-state index contributed by atoms with van der Waals surface area (Å²) < 4.78 is 4.69. The number of nitrogens with zero attached hydrogens (tertiary/aromatic N) is 1. The lowest BCUT2D eigenvalue weighted by molar-refractivity contribution is -0.143. The lowest BCUT2D eigenvalue weighted by Crippen LogP contribution is -2.44. The standard InChI is InChI=1S/C14H18N2O3/c1-18-14(17)13-8-7-12(9-15-13)16-19-10-11-5-3-2-4-6-11/h2-6,13,15H,7-10H2,1H3/t13-/m0/s1. The van der Waals surface area contributed by atoms with E-state index in [9.17, 15) is 4.79 Å². The van der Waals surface area contributed by atoms with Crippen molar-refractivity contribution in [1.29, 1.82) is 0 Å². The molecule has 2 rings (SSSR count). The Morgan fingerprint density at radius 1 is 1.42 bits per heavy atom. The molecular formula is C14H18N2O3. The first-order chi connectivity index (χ1) is 9.29. The van der Waals surface area contributed by atoms with Gasteiger partial charge in [-0.3, -0.25) is 10.1 Å². The fourth-order valence-corrected chi connectivity index (χ4v) is 1.94. The van der Waals surface area contributed by atoms with Gasteiger partial charge in [0.15, 0.2) is 0 Å². The van der Waals surface area contributed by atoms with Crippen molar-refractivity contribution in [3.8, 4) is 0 Å². The van der Waals surface area contributed by atoms with Crippen LogP contribution >= 0.6 is 0 Å². The van der Waals surface area contributed by atoms with E-state index in [2.05, 4.69) is 10.5 Å². The number of ether oxygens (including phenoxy) is 1. The zero-order chi connectivity index (χ0) is 13.5. The third-order valence-electron chi connectivity index (χ3n) is 3.03.